The summed E-state index contributed by atoms with van der Waals surface area (Å²) in [6, 6.07) is 13.6. The van der Waals surface area contributed by atoms with Crippen LogP contribution in [0.5, 0.6) is 5.75 Å². The van der Waals surface area contributed by atoms with Crippen LogP contribution in [-0.4, -0.2) is 0 Å². The number of benzene rings is 2. The summed E-state index contributed by atoms with van der Waals surface area (Å²) in [6.45, 7) is 7.12. The molecule has 0 fully saturated rings. The first-order valence-corrected chi connectivity index (χ1v) is 7.30. The third-order valence-electron chi connectivity index (χ3n) is 3.11. The van der Waals surface area contributed by atoms with Crippen LogP contribution in [-0.2, 0) is 12.0 Å². The van der Waals surface area contributed by atoms with Crippen molar-refractivity contribution in [2.24, 2.45) is 0 Å². The van der Waals surface area contributed by atoms with Crippen molar-refractivity contribution in [2.45, 2.75) is 32.8 Å². The maximum atomic E-state index is 5.99. The SMILES string of the molecule is CC(C)(C)c1ccccc1COc1ccc(Cl)c(Cl)c1. The molecule has 0 radical (unpaired) electrons. The second-order valence-electron chi connectivity index (χ2n) is 5.77. The predicted octanol–water partition coefficient (Wildman–Crippen LogP) is 5.87. The molecule has 0 aliphatic heterocycles. The monoisotopic (exact) mass is 308 g/mol. The molecule has 1 nitrogen and oxygen atoms in total. The minimum atomic E-state index is 0.0948. The smallest absolute Gasteiger partial charge is 0.121 e. The first-order valence-electron chi connectivity index (χ1n) is 6.54. The summed E-state index contributed by atoms with van der Waals surface area (Å²) < 4.78 is 5.82. The van der Waals surface area contributed by atoms with E-state index in [1.807, 2.05) is 12.1 Å². The molecule has 2 aromatic carbocycles. The molecule has 0 bridgehead atoms. The first-order chi connectivity index (χ1) is 9.38. The van der Waals surface area contributed by atoms with E-state index in [1.54, 1.807) is 12.1 Å². The standard InChI is InChI=1S/C17H18Cl2O/c1-17(2,3)14-7-5-4-6-12(14)11-20-13-8-9-15(18)16(19)10-13/h4-10H,11H2,1-3H3. The van der Waals surface area contributed by atoms with E-state index < -0.39 is 0 Å². The van der Waals surface area contributed by atoms with Crippen LogP contribution in [0.2, 0.25) is 10.0 Å². The van der Waals surface area contributed by atoms with Crippen LogP contribution < -0.4 is 4.74 Å². The summed E-state index contributed by atoms with van der Waals surface area (Å²) in [5, 5.41) is 1.04. The van der Waals surface area contributed by atoms with Gasteiger partial charge in [0.2, 0.25) is 0 Å². The van der Waals surface area contributed by atoms with E-state index in [0.29, 0.717) is 16.7 Å². The summed E-state index contributed by atoms with van der Waals surface area (Å²) in [5.74, 6) is 0.725. The number of ether oxygens (including phenoxy) is 1. The molecule has 3 heteroatoms. The Morgan fingerprint density at radius 2 is 1.65 bits per heavy atom. The Balaban J connectivity index is 2.17. The fourth-order valence-corrected chi connectivity index (χ4v) is 2.39. The number of halogens is 2. The molecule has 106 valence electrons. The highest BCUT2D eigenvalue weighted by atomic mass is 35.5. The molecule has 0 aliphatic rings. The number of rotatable bonds is 3. The Kier molecular flexibility index (Phi) is 4.62. The van der Waals surface area contributed by atoms with Gasteiger partial charge in [0.25, 0.3) is 0 Å². The molecule has 0 saturated carbocycles. The Hall–Kier alpha value is -1.18. The van der Waals surface area contributed by atoms with Crippen molar-refractivity contribution in [3.63, 3.8) is 0 Å². The summed E-state index contributed by atoms with van der Waals surface area (Å²) in [6.07, 6.45) is 0. The van der Waals surface area contributed by atoms with E-state index in [1.165, 1.54) is 11.1 Å². The van der Waals surface area contributed by atoms with Crippen molar-refractivity contribution >= 4 is 23.2 Å². The molecule has 0 amide bonds. The second kappa shape index (κ2) is 6.07. The minimum absolute atomic E-state index is 0.0948. The Labute approximate surface area is 130 Å². The summed E-state index contributed by atoms with van der Waals surface area (Å²) >= 11 is 11.9. The minimum Gasteiger partial charge on any atom is -0.489 e. The fraction of sp³-hybridized carbons (Fsp3) is 0.294. The van der Waals surface area contributed by atoms with Crippen molar-refractivity contribution in [3.05, 3.63) is 63.6 Å². The molecule has 0 spiro atoms. The molecule has 0 saturated heterocycles. The number of hydrogen-bond donors (Lipinski definition) is 0. The number of hydrogen-bond acceptors (Lipinski definition) is 1. The molecular weight excluding hydrogens is 291 g/mol. The molecule has 2 rings (SSSR count). The molecule has 20 heavy (non-hydrogen) atoms. The third kappa shape index (κ3) is 3.68. The van der Waals surface area contributed by atoms with E-state index in [-0.39, 0.29) is 5.41 Å². The van der Waals surface area contributed by atoms with Gasteiger partial charge in [-0.05, 0) is 28.7 Å². The Bertz CT molecular complexity index is 600. The maximum Gasteiger partial charge on any atom is 0.121 e. The lowest BCUT2D eigenvalue weighted by atomic mass is 9.84. The van der Waals surface area contributed by atoms with Crippen LogP contribution in [0.3, 0.4) is 0 Å². The quantitative estimate of drug-likeness (QED) is 0.689. The van der Waals surface area contributed by atoms with Crippen LogP contribution in [0.4, 0.5) is 0 Å². The highest BCUT2D eigenvalue weighted by Gasteiger charge is 2.17. The molecule has 0 aliphatic carbocycles. The van der Waals surface area contributed by atoms with E-state index in [4.69, 9.17) is 27.9 Å². The molecule has 0 heterocycles. The van der Waals surface area contributed by atoms with Crippen LogP contribution in [0, 0.1) is 0 Å². The largest absolute Gasteiger partial charge is 0.489 e. The van der Waals surface area contributed by atoms with Crippen LogP contribution in [0.15, 0.2) is 42.5 Å². The lowest BCUT2D eigenvalue weighted by Crippen LogP contribution is -2.15. The van der Waals surface area contributed by atoms with Crippen molar-refractivity contribution in [1.29, 1.82) is 0 Å². The van der Waals surface area contributed by atoms with Crippen LogP contribution in [0.25, 0.3) is 0 Å². The van der Waals surface area contributed by atoms with E-state index in [9.17, 15) is 0 Å². The third-order valence-corrected chi connectivity index (χ3v) is 3.85. The zero-order chi connectivity index (χ0) is 14.8. The Morgan fingerprint density at radius 3 is 2.30 bits per heavy atom. The lowest BCUT2D eigenvalue weighted by Gasteiger charge is -2.23. The summed E-state index contributed by atoms with van der Waals surface area (Å²) in [4.78, 5) is 0. The van der Waals surface area contributed by atoms with Crippen LogP contribution >= 0.6 is 23.2 Å². The van der Waals surface area contributed by atoms with E-state index in [2.05, 4.69) is 39.0 Å². The van der Waals surface area contributed by atoms with Crippen molar-refractivity contribution in [1.82, 2.24) is 0 Å². The summed E-state index contributed by atoms with van der Waals surface area (Å²) in [5.41, 5.74) is 2.57. The second-order valence-corrected chi connectivity index (χ2v) is 6.59. The van der Waals surface area contributed by atoms with Gasteiger partial charge in [0, 0.05) is 6.07 Å². The molecular formula is C17H18Cl2O. The average molecular weight is 309 g/mol. The normalized spacial score (nSPS) is 11.4. The van der Waals surface area contributed by atoms with Gasteiger partial charge in [0.15, 0.2) is 0 Å². The van der Waals surface area contributed by atoms with Crippen molar-refractivity contribution in [3.8, 4) is 5.75 Å². The van der Waals surface area contributed by atoms with Crippen molar-refractivity contribution < 1.29 is 4.74 Å². The van der Waals surface area contributed by atoms with Gasteiger partial charge >= 0.3 is 0 Å². The molecule has 0 unspecified atom stereocenters. The molecule has 0 atom stereocenters. The van der Waals surface area contributed by atoms with Gasteiger partial charge in [-0.3, -0.25) is 0 Å². The highest BCUT2D eigenvalue weighted by molar-refractivity contribution is 6.42. The van der Waals surface area contributed by atoms with Crippen LogP contribution in [0.1, 0.15) is 31.9 Å². The van der Waals surface area contributed by atoms with E-state index >= 15 is 0 Å². The van der Waals surface area contributed by atoms with Gasteiger partial charge in [-0.15, -0.1) is 0 Å². The van der Waals surface area contributed by atoms with Crippen molar-refractivity contribution in [2.75, 3.05) is 0 Å². The summed E-state index contributed by atoms with van der Waals surface area (Å²) in [7, 11) is 0. The van der Waals surface area contributed by atoms with E-state index in [0.717, 1.165) is 5.75 Å². The lowest BCUT2D eigenvalue weighted by molar-refractivity contribution is 0.303. The zero-order valence-electron chi connectivity index (χ0n) is 11.9. The fourth-order valence-electron chi connectivity index (χ4n) is 2.11. The zero-order valence-corrected chi connectivity index (χ0v) is 13.4. The predicted molar refractivity (Wildman–Crippen MR) is 85.9 cm³/mol. The maximum absolute atomic E-state index is 5.99. The van der Waals surface area contributed by atoms with Gasteiger partial charge in [0.1, 0.15) is 12.4 Å². The van der Waals surface area contributed by atoms with Gasteiger partial charge in [-0.1, -0.05) is 68.2 Å². The topological polar surface area (TPSA) is 9.23 Å². The van der Waals surface area contributed by atoms with Gasteiger partial charge in [0.05, 0.1) is 10.0 Å². The molecule has 2 aromatic rings. The molecule has 0 N–H and O–H groups in total. The highest BCUT2D eigenvalue weighted by Crippen LogP contribution is 2.29. The van der Waals surface area contributed by atoms with Gasteiger partial charge in [-0.25, -0.2) is 0 Å². The van der Waals surface area contributed by atoms with Gasteiger partial charge in [-0.2, -0.15) is 0 Å². The first kappa shape index (κ1) is 15.2. The molecule has 0 aromatic heterocycles. The average Bonchev–Trinajstić information content (AvgIpc) is 2.39. The van der Waals surface area contributed by atoms with Gasteiger partial charge < -0.3 is 4.74 Å². The Morgan fingerprint density at radius 1 is 0.950 bits per heavy atom.